The number of aromatic nitrogens is 3. The summed E-state index contributed by atoms with van der Waals surface area (Å²) < 4.78 is 7.37. The highest BCUT2D eigenvalue weighted by Crippen LogP contribution is 2.43. The first-order valence-electron chi connectivity index (χ1n) is 10.2. The van der Waals surface area contributed by atoms with Gasteiger partial charge in [0.15, 0.2) is 5.11 Å². The van der Waals surface area contributed by atoms with E-state index in [1.54, 1.807) is 19.5 Å². The Hall–Kier alpha value is -3.13. The van der Waals surface area contributed by atoms with Gasteiger partial charge in [0.1, 0.15) is 17.6 Å². The van der Waals surface area contributed by atoms with E-state index in [2.05, 4.69) is 26.3 Å². The molecule has 3 aromatic heterocycles. The van der Waals surface area contributed by atoms with Crippen LogP contribution in [0.2, 0.25) is 10.0 Å². The molecule has 4 aromatic rings. The summed E-state index contributed by atoms with van der Waals surface area (Å²) in [5.74, 6) is 1.36. The Morgan fingerprint density at radius 3 is 2.61 bits per heavy atom. The van der Waals surface area contributed by atoms with Crippen LogP contribution in [-0.2, 0) is 0 Å². The monoisotopic (exact) mass is 495 g/mol. The molecule has 33 heavy (non-hydrogen) atoms. The summed E-state index contributed by atoms with van der Waals surface area (Å²) in [6.45, 7) is 0. The van der Waals surface area contributed by atoms with Crippen LogP contribution in [0, 0.1) is 0 Å². The summed E-state index contributed by atoms with van der Waals surface area (Å²) in [7, 11) is 1.59. The van der Waals surface area contributed by atoms with Crippen LogP contribution in [0.25, 0.3) is 5.82 Å². The van der Waals surface area contributed by atoms with Crippen molar-refractivity contribution in [3.05, 3.63) is 101 Å². The molecule has 1 fully saturated rings. The fraction of sp³-hybridized carbons (Fsp3) is 0.125. The van der Waals surface area contributed by atoms with Crippen LogP contribution in [0.3, 0.4) is 0 Å². The number of nitrogens with zero attached hydrogens (tertiary/aromatic N) is 4. The lowest BCUT2D eigenvalue weighted by atomic mass is 10.0. The third kappa shape index (κ3) is 4.04. The van der Waals surface area contributed by atoms with Gasteiger partial charge in [-0.25, -0.2) is 4.98 Å². The van der Waals surface area contributed by atoms with E-state index < -0.39 is 0 Å². The third-order valence-corrected chi connectivity index (χ3v) is 6.39. The van der Waals surface area contributed by atoms with Gasteiger partial charge in [-0.15, -0.1) is 0 Å². The van der Waals surface area contributed by atoms with Crippen LogP contribution in [-0.4, -0.2) is 26.8 Å². The normalized spacial score (nSPS) is 17.8. The first kappa shape index (κ1) is 21.7. The molecule has 0 radical (unpaired) electrons. The second-order valence-electron chi connectivity index (χ2n) is 7.45. The van der Waals surface area contributed by atoms with Crippen molar-refractivity contribution in [3.63, 3.8) is 0 Å². The van der Waals surface area contributed by atoms with E-state index in [1.807, 2.05) is 65.4 Å². The predicted molar refractivity (Wildman–Crippen MR) is 135 cm³/mol. The summed E-state index contributed by atoms with van der Waals surface area (Å²) in [4.78, 5) is 11.2. The van der Waals surface area contributed by atoms with Crippen LogP contribution < -0.4 is 15.0 Å². The van der Waals surface area contributed by atoms with Crippen LogP contribution in [0.15, 0.2) is 79.3 Å². The standard InChI is InChI=1S/C24H19Cl2N5OS/c1-32-20-9-8-16(13-17(20)26)31-23(22(29-24(31)33)18-5-2-3-11-27-18)19-6-4-12-30(19)21-10-7-15(25)14-28-21/h2-14,22-23H,1H3,(H,29,33)/t22-,23-/m0/s1. The van der Waals surface area contributed by atoms with E-state index in [0.717, 1.165) is 22.9 Å². The molecule has 4 heterocycles. The van der Waals surface area contributed by atoms with E-state index in [4.69, 9.17) is 40.2 Å². The number of benzene rings is 1. The van der Waals surface area contributed by atoms with Gasteiger partial charge in [-0.2, -0.15) is 0 Å². The Labute approximate surface area is 206 Å². The molecule has 1 aliphatic heterocycles. The maximum atomic E-state index is 6.47. The molecular formula is C24H19Cl2N5OS. The summed E-state index contributed by atoms with van der Waals surface area (Å²) in [6.07, 6.45) is 5.39. The van der Waals surface area contributed by atoms with Crippen molar-refractivity contribution in [1.29, 1.82) is 0 Å². The van der Waals surface area contributed by atoms with Gasteiger partial charge < -0.3 is 19.5 Å². The fourth-order valence-electron chi connectivity index (χ4n) is 4.09. The zero-order chi connectivity index (χ0) is 22.9. The molecular weight excluding hydrogens is 477 g/mol. The molecule has 1 saturated heterocycles. The van der Waals surface area contributed by atoms with Crippen molar-refractivity contribution in [2.24, 2.45) is 0 Å². The maximum absolute atomic E-state index is 6.47. The van der Waals surface area contributed by atoms with Gasteiger partial charge in [-0.05, 0) is 66.8 Å². The lowest BCUT2D eigenvalue weighted by molar-refractivity contribution is 0.415. The fourth-order valence-corrected chi connectivity index (χ4v) is 4.80. The Balaban J connectivity index is 1.66. The Morgan fingerprint density at radius 2 is 1.91 bits per heavy atom. The Bertz CT molecular complexity index is 1300. The topological polar surface area (TPSA) is 55.2 Å². The quantitative estimate of drug-likeness (QED) is 0.355. The van der Waals surface area contributed by atoms with E-state index in [1.165, 1.54) is 0 Å². The van der Waals surface area contributed by atoms with Crippen molar-refractivity contribution in [3.8, 4) is 11.6 Å². The highest BCUT2D eigenvalue weighted by Gasteiger charge is 2.42. The molecule has 0 saturated carbocycles. The molecule has 2 atom stereocenters. The molecule has 6 nitrogen and oxygen atoms in total. The van der Waals surface area contributed by atoms with Gasteiger partial charge in [0.05, 0.1) is 28.9 Å². The van der Waals surface area contributed by atoms with Gasteiger partial charge in [0, 0.05) is 30.0 Å². The van der Waals surface area contributed by atoms with E-state index in [-0.39, 0.29) is 12.1 Å². The van der Waals surface area contributed by atoms with E-state index in [0.29, 0.717) is 20.9 Å². The molecule has 5 rings (SSSR count). The minimum Gasteiger partial charge on any atom is -0.495 e. The molecule has 1 N–H and O–H groups in total. The third-order valence-electron chi connectivity index (χ3n) is 5.55. The lowest BCUT2D eigenvalue weighted by Crippen LogP contribution is -2.30. The number of halogens is 2. The average molecular weight is 496 g/mol. The number of pyridine rings is 2. The highest BCUT2D eigenvalue weighted by molar-refractivity contribution is 7.80. The zero-order valence-corrected chi connectivity index (χ0v) is 19.8. The van der Waals surface area contributed by atoms with Crippen molar-refractivity contribution in [2.75, 3.05) is 12.0 Å². The van der Waals surface area contributed by atoms with Gasteiger partial charge >= 0.3 is 0 Å². The first-order valence-corrected chi connectivity index (χ1v) is 11.4. The maximum Gasteiger partial charge on any atom is 0.174 e. The molecule has 0 unspecified atom stereocenters. The summed E-state index contributed by atoms with van der Waals surface area (Å²) in [5, 5.41) is 5.12. The predicted octanol–water partition coefficient (Wildman–Crippen LogP) is 5.76. The number of rotatable bonds is 5. The number of anilines is 1. The van der Waals surface area contributed by atoms with Crippen LogP contribution >= 0.6 is 35.4 Å². The number of hydrogen-bond donors (Lipinski definition) is 1. The smallest absolute Gasteiger partial charge is 0.174 e. The average Bonchev–Trinajstić information content (AvgIpc) is 3.44. The largest absolute Gasteiger partial charge is 0.495 e. The Morgan fingerprint density at radius 1 is 1.03 bits per heavy atom. The lowest BCUT2D eigenvalue weighted by Gasteiger charge is -2.29. The minimum absolute atomic E-state index is 0.194. The van der Waals surface area contributed by atoms with Gasteiger partial charge in [-0.1, -0.05) is 29.3 Å². The molecule has 1 aromatic carbocycles. The summed E-state index contributed by atoms with van der Waals surface area (Å²) >= 11 is 18.3. The molecule has 1 aliphatic rings. The summed E-state index contributed by atoms with van der Waals surface area (Å²) in [5.41, 5.74) is 2.71. The van der Waals surface area contributed by atoms with Crippen LogP contribution in [0.4, 0.5) is 5.69 Å². The SMILES string of the molecule is COc1ccc(N2C(=S)N[C@@H](c3ccccn3)[C@@H]2c2cccn2-c2ccc(Cl)cn2)cc1Cl. The molecule has 0 aliphatic carbocycles. The zero-order valence-electron chi connectivity index (χ0n) is 17.5. The van der Waals surface area contributed by atoms with E-state index in [9.17, 15) is 0 Å². The molecule has 0 amide bonds. The van der Waals surface area contributed by atoms with Gasteiger partial charge in [0.2, 0.25) is 0 Å². The molecule has 166 valence electrons. The summed E-state index contributed by atoms with van der Waals surface area (Å²) in [6, 6.07) is 18.8. The second kappa shape index (κ2) is 9.02. The van der Waals surface area contributed by atoms with Crippen molar-refractivity contribution < 1.29 is 4.74 Å². The number of hydrogen-bond acceptors (Lipinski definition) is 4. The van der Waals surface area contributed by atoms with E-state index >= 15 is 0 Å². The highest BCUT2D eigenvalue weighted by atomic mass is 35.5. The first-order chi connectivity index (χ1) is 16.1. The van der Waals surface area contributed by atoms with Gasteiger partial charge in [0.25, 0.3) is 0 Å². The van der Waals surface area contributed by atoms with Crippen molar-refractivity contribution >= 4 is 46.2 Å². The second-order valence-corrected chi connectivity index (χ2v) is 8.68. The molecule has 9 heteroatoms. The number of methoxy groups -OCH3 is 1. The number of thiocarbonyl (C=S) groups is 1. The van der Waals surface area contributed by atoms with Crippen LogP contribution in [0.5, 0.6) is 5.75 Å². The Kier molecular flexibility index (Phi) is 5.93. The van der Waals surface area contributed by atoms with Gasteiger partial charge in [-0.3, -0.25) is 4.98 Å². The van der Waals surface area contributed by atoms with Crippen LogP contribution in [0.1, 0.15) is 23.5 Å². The number of nitrogens with one attached hydrogen (secondary N) is 1. The minimum atomic E-state index is -0.218. The molecule has 0 bridgehead atoms. The van der Waals surface area contributed by atoms with Crippen molar-refractivity contribution in [1.82, 2.24) is 19.9 Å². The van der Waals surface area contributed by atoms with Crippen molar-refractivity contribution in [2.45, 2.75) is 12.1 Å². The molecule has 0 spiro atoms. The number of ether oxygens (including phenoxy) is 1.